The van der Waals surface area contributed by atoms with E-state index in [1.165, 1.54) is 10.8 Å². The van der Waals surface area contributed by atoms with Gasteiger partial charge in [0.2, 0.25) is 0 Å². The van der Waals surface area contributed by atoms with E-state index in [1.807, 2.05) is 20.8 Å². The van der Waals surface area contributed by atoms with E-state index in [-0.39, 0.29) is 46.2 Å². The topological polar surface area (TPSA) is 75.3 Å². The zero-order valence-corrected chi connectivity index (χ0v) is 17.6. The smallest absolute Gasteiger partial charge is 0.255 e. The number of anilines is 1. The first-order valence-electron chi connectivity index (χ1n) is 9.58. The number of fused-ring (bicyclic) bond motifs is 1. The lowest BCUT2D eigenvalue weighted by Crippen LogP contribution is -2.24. The Labute approximate surface area is 178 Å². The number of benzene rings is 1. The molecule has 0 unspecified atom stereocenters. The van der Waals surface area contributed by atoms with Gasteiger partial charge in [0.25, 0.3) is 5.78 Å². The first-order valence-corrected chi connectivity index (χ1v) is 9.96. The quantitative estimate of drug-likeness (QED) is 0.344. The van der Waals surface area contributed by atoms with Crippen LogP contribution in [0.3, 0.4) is 0 Å². The number of hydrogen-bond donors (Lipinski definition) is 2. The highest BCUT2D eigenvalue weighted by atomic mass is 35.5. The fourth-order valence-electron chi connectivity index (χ4n) is 2.77. The van der Waals surface area contributed by atoms with Gasteiger partial charge in [0, 0.05) is 24.6 Å². The van der Waals surface area contributed by atoms with Crippen molar-refractivity contribution in [1.82, 2.24) is 19.6 Å². The number of rotatable bonds is 6. The second-order valence-corrected chi connectivity index (χ2v) is 7.58. The Balaban J connectivity index is 2.16. The van der Waals surface area contributed by atoms with Crippen molar-refractivity contribution < 1.29 is 13.9 Å². The molecule has 2 aromatic heterocycles. The maximum Gasteiger partial charge on any atom is 0.255 e. The minimum atomic E-state index is -0.815. The van der Waals surface area contributed by atoms with Gasteiger partial charge in [0.05, 0.1) is 11.1 Å². The van der Waals surface area contributed by atoms with Crippen LogP contribution in [0.15, 0.2) is 18.5 Å². The molecule has 3 aromatic rings. The van der Waals surface area contributed by atoms with Gasteiger partial charge in [-0.25, -0.2) is 8.78 Å². The molecule has 0 aliphatic carbocycles. The van der Waals surface area contributed by atoms with Crippen LogP contribution in [0, 0.1) is 29.4 Å². The van der Waals surface area contributed by atoms with E-state index in [9.17, 15) is 0 Å². The Morgan fingerprint density at radius 1 is 1.20 bits per heavy atom. The van der Waals surface area contributed by atoms with Crippen molar-refractivity contribution in [2.24, 2.45) is 5.92 Å². The zero-order valence-electron chi connectivity index (χ0n) is 16.9. The molecule has 2 N–H and O–H groups in total. The van der Waals surface area contributed by atoms with Gasteiger partial charge in [-0.3, -0.25) is 0 Å². The molecule has 0 bridgehead atoms. The molecule has 0 saturated heterocycles. The molecule has 9 heteroatoms. The first kappa shape index (κ1) is 21.9. The molecule has 3 rings (SSSR count). The van der Waals surface area contributed by atoms with E-state index >= 15 is 8.78 Å². The van der Waals surface area contributed by atoms with Crippen LogP contribution in [0.2, 0.25) is 5.15 Å². The Kier molecular flexibility index (Phi) is 6.85. The lowest BCUT2D eigenvalue weighted by Gasteiger charge is -2.22. The largest absolute Gasteiger partial charge is 0.396 e. The molecule has 2 heterocycles. The van der Waals surface area contributed by atoms with E-state index in [2.05, 4.69) is 32.2 Å². The highest BCUT2D eigenvalue weighted by Crippen LogP contribution is 2.38. The van der Waals surface area contributed by atoms with E-state index in [0.29, 0.717) is 18.7 Å². The van der Waals surface area contributed by atoms with Crippen LogP contribution in [0.4, 0.5) is 14.6 Å². The molecule has 0 aliphatic rings. The number of hydrogen-bond acceptors (Lipinski definition) is 5. The van der Waals surface area contributed by atoms with E-state index in [0.717, 1.165) is 12.1 Å². The second-order valence-electron chi connectivity index (χ2n) is 7.22. The molecule has 30 heavy (non-hydrogen) atoms. The molecule has 0 radical (unpaired) electrons. The predicted molar refractivity (Wildman–Crippen MR) is 112 cm³/mol. The summed E-state index contributed by atoms with van der Waals surface area (Å²) in [5.41, 5.74) is -0.0520. The van der Waals surface area contributed by atoms with E-state index in [1.54, 1.807) is 0 Å². The first-order chi connectivity index (χ1) is 14.3. The lowest BCUT2D eigenvalue weighted by atomic mass is 10.0. The van der Waals surface area contributed by atoms with Crippen molar-refractivity contribution in [3.63, 3.8) is 0 Å². The van der Waals surface area contributed by atoms with Gasteiger partial charge in [-0.1, -0.05) is 37.3 Å². The summed E-state index contributed by atoms with van der Waals surface area (Å²) in [7, 11) is 0. The van der Waals surface area contributed by atoms with Crippen molar-refractivity contribution in [1.29, 1.82) is 0 Å². The van der Waals surface area contributed by atoms with Crippen LogP contribution in [-0.4, -0.2) is 37.3 Å². The van der Waals surface area contributed by atoms with Crippen LogP contribution in [-0.2, 0) is 0 Å². The maximum atomic E-state index is 15.0. The van der Waals surface area contributed by atoms with Crippen LogP contribution in [0.5, 0.6) is 0 Å². The van der Waals surface area contributed by atoms with E-state index < -0.39 is 11.6 Å². The Bertz CT molecular complexity index is 1100. The number of aromatic nitrogens is 4. The molecule has 0 saturated carbocycles. The molecule has 6 nitrogen and oxygen atoms in total. The summed E-state index contributed by atoms with van der Waals surface area (Å²) in [6.45, 7) is 5.99. The number of aliphatic hydroxyl groups excluding tert-OH is 1. The van der Waals surface area contributed by atoms with Crippen LogP contribution < -0.4 is 5.32 Å². The molecular formula is C21H22ClF2N5O. The summed E-state index contributed by atoms with van der Waals surface area (Å²) in [5, 5.41) is 16.1. The summed E-state index contributed by atoms with van der Waals surface area (Å²) >= 11 is 6.35. The van der Waals surface area contributed by atoms with Gasteiger partial charge in [0.15, 0.2) is 0 Å². The van der Waals surface area contributed by atoms with Crippen LogP contribution in [0.25, 0.3) is 16.9 Å². The molecular weight excluding hydrogens is 412 g/mol. The minimum absolute atomic E-state index is 0.0111. The second kappa shape index (κ2) is 9.37. The Morgan fingerprint density at radius 2 is 1.90 bits per heavy atom. The number of unbranched alkanes of at least 4 members (excludes halogenated alkanes) is 1. The van der Waals surface area contributed by atoms with Crippen molar-refractivity contribution in [3.05, 3.63) is 40.8 Å². The Morgan fingerprint density at radius 3 is 2.53 bits per heavy atom. The van der Waals surface area contributed by atoms with Gasteiger partial charge in [0.1, 0.15) is 28.9 Å². The summed E-state index contributed by atoms with van der Waals surface area (Å²) in [6.07, 6.45) is 2.23. The molecule has 1 atom stereocenters. The highest BCUT2D eigenvalue weighted by Gasteiger charge is 2.25. The lowest BCUT2D eigenvalue weighted by molar-refractivity contribution is 0.290. The Hall–Kier alpha value is -2.76. The number of nitrogens with zero attached hydrogens (tertiary/aromatic N) is 4. The number of nitrogens with one attached hydrogen (secondary N) is 1. The monoisotopic (exact) mass is 433 g/mol. The molecule has 0 aliphatic heterocycles. The normalized spacial score (nSPS) is 12.1. The van der Waals surface area contributed by atoms with Crippen molar-refractivity contribution in [2.45, 2.75) is 39.7 Å². The van der Waals surface area contributed by atoms with Crippen molar-refractivity contribution >= 4 is 23.2 Å². The van der Waals surface area contributed by atoms with E-state index in [4.69, 9.17) is 16.7 Å². The summed E-state index contributed by atoms with van der Waals surface area (Å²) in [5.74, 6) is 4.62. The van der Waals surface area contributed by atoms with Gasteiger partial charge in [-0.15, -0.1) is 0 Å². The van der Waals surface area contributed by atoms with Gasteiger partial charge in [-0.2, -0.15) is 19.6 Å². The molecule has 158 valence electrons. The van der Waals surface area contributed by atoms with Crippen LogP contribution >= 0.6 is 11.6 Å². The predicted octanol–water partition coefficient (Wildman–Crippen LogP) is 4.30. The minimum Gasteiger partial charge on any atom is -0.396 e. The average molecular weight is 434 g/mol. The van der Waals surface area contributed by atoms with Gasteiger partial charge < -0.3 is 10.4 Å². The van der Waals surface area contributed by atoms with Gasteiger partial charge in [-0.05, 0) is 31.4 Å². The third-order valence-electron chi connectivity index (χ3n) is 4.73. The molecule has 1 aromatic carbocycles. The SMILES string of the molecule is CC(C)[C@@H](C)Nc1c(-c2c(F)cc(C#CCCCO)cc2F)c(Cl)nc2ncnn12. The average Bonchev–Trinajstić information content (AvgIpc) is 3.14. The maximum absolute atomic E-state index is 15.0. The summed E-state index contributed by atoms with van der Waals surface area (Å²) in [4.78, 5) is 8.16. The fraction of sp³-hybridized carbons (Fsp3) is 0.381. The number of halogens is 3. The third-order valence-corrected chi connectivity index (χ3v) is 5.01. The standard InChI is InChI=1S/C21H22ClF2N5O/c1-12(2)13(3)27-20-18(19(22)28-21-25-11-26-29(20)21)17-15(23)9-14(10-16(17)24)7-5-4-6-8-30/h9-13,27,30H,4,6,8H2,1-3H3/t13-/m1/s1. The van der Waals surface area contributed by atoms with Crippen molar-refractivity contribution in [3.8, 4) is 23.0 Å². The van der Waals surface area contributed by atoms with Gasteiger partial charge >= 0.3 is 0 Å². The third kappa shape index (κ3) is 4.53. The summed E-state index contributed by atoms with van der Waals surface area (Å²) in [6, 6.07) is 2.27. The molecule has 0 spiro atoms. The van der Waals surface area contributed by atoms with Crippen LogP contribution in [0.1, 0.15) is 39.2 Å². The highest BCUT2D eigenvalue weighted by molar-refractivity contribution is 6.33. The number of aliphatic hydroxyl groups is 1. The summed E-state index contributed by atoms with van der Waals surface area (Å²) < 4.78 is 31.5. The molecule has 0 fully saturated rings. The molecule has 0 amide bonds. The van der Waals surface area contributed by atoms with Crippen molar-refractivity contribution in [2.75, 3.05) is 11.9 Å². The zero-order chi connectivity index (χ0) is 21.8. The fourth-order valence-corrected chi connectivity index (χ4v) is 3.03.